The summed E-state index contributed by atoms with van der Waals surface area (Å²) in [6.45, 7) is 5.65. The fourth-order valence-electron chi connectivity index (χ4n) is 3.53. The lowest BCUT2D eigenvalue weighted by atomic mass is 10.0. The van der Waals surface area contributed by atoms with Crippen molar-refractivity contribution < 1.29 is 19.5 Å². The molecule has 154 valence electrons. The second kappa shape index (κ2) is 9.43. The summed E-state index contributed by atoms with van der Waals surface area (Å²) in [5.41, 5.74) is 3.76. The molecule has 29 heavy (non-hydrogen) atoms. The van der Waals surface area contributed by atoms with E-state index in [1.54, 1.807) is 10.4 Å². The first kappa shape index (κ1) is 20.7. The topological polar surface area (TPSA) is 82.1 Å². The Balaban J connectivity index is 1.57. The van der Waals surface area contributed by atoms with Gasteiger partial charge < -0.3 is 14.5 Å². The lowest BCUT2D eigenvalue weighted by molar-refractivity contribution is -0.135. The Kier molecular flexibility index (Phi) is 6.72. The Bertz CT molecular complexity index is 824. The van der Waals surface area contributed by atoms with E-state index in [0.717, 1.165) is 16.9 Å². The van der Waals surface area contributed by atoms with Gasteiger partial charge >= 0.3 is 6.03 Å². The predicted molar refractivity (Wildman–Crippen MR) is 108 cm³/mol. The molecule has 7 heteroatoms. The van der Waals surface area contributed by atoms with Gasteiger partial charge in [-0.05, 0) is 29.2 Å². The van der Waals surface area contributed by atoms with Crippen molar-refractivity contribution in [3.8, 4) is 5.75 Å². The molecule has 2 N–H and O–H groups in total. The van der Waals surface area contributed by atoms with Gasteiger partial charge in [-0.15, -0.1) is 0 Å². The van der Waals surface area contributed by atoms with E-state index >= 15 is 0 Å². The van der Waals surface area contributed by atoms with Crippen LogP contribution in [0.25, 0.3) is 0 Å². The van der Waals surface area contributed by atoms with E-state index in [4.69, 9.17) is 9.94 Å². The van der Waals surface area contributed by atoms with Crippen molar-refractivity contribution in [2.24, 2.45) is 5.92 Å². The summed E-state index contributed by atoms with van der Waals surface area (Å²) >= 11 is 0. The van der Waals surface area contributed by atoms with Crippen molar-refractivity contribution >= 4 is 11.9 Å². The Labute approximate surface area is 170 Å². The quantitative estimate of drug-likeness (QED) is 0.530. The molecule has 7 nitrogen and oxygen atoms in total. The molecule has 2 aromatic carbocycles. The molecular weight excluding hydrogens is 370 g/mol. The number of urea groups is 1. The second-order valence-corrected chi connectivity index (χ2v) is 7.48. The zero-order chi connectivity index (χ0) is 20.8. The van der Waals surface area contributed by atoms with Crippen LogP contribution in [0, 0.1) is 5.92 Å². The molecule has 0 aromatic heterocycles. The Morgan fingerprint density at radius 1 is 1.07 bits per heavy atom. The zero-order valence-corrected chi connectivity index (χ0v) is 16.7. The molecule has 1 heterocycles. The average Bonchev–Trinajstić information content (AvgIpc) is 3.08. The summed E-state index contributed by atoms with van der Waals surface area (Å²) in [5.74, 6) is 0.105. The molecule has 1 saturated heterocycles. The summed E-state index contributed by atoms with van der Waals surface area (Å²) in [6.07, 6.45) is 0. The normalized spacial score (nSPS) is 15.0. The minimum atomic E-state index is -0.689. The molecule has 1 unspecified atom stereocenters. The first-order valence-corrected chi connectivity index (χ1v) is 9.74. The fraction of sp³-hybridized carbons (Fsp3) is 0.364. The van der Waals surface area contributed by atoms with E-state index in [9.17, 15) is 9.59 Å². The summed E-state index contributed by atoms with van der Waals surface area (Å²) in [7, 11) is 0. The van der Waals surface area contributed by atoms with E-state index in [-0.39, 0.29) is 11.9 Å². The third-order valence-electron chi connectivity index (χ3n) is 5.02. The first-order valence-electron chi connectivity index (χ1n) is 9.74. The van der Waals surface area contributed by atoms with Gasteiger partial charge in [0, 0.05) is 19.6 Å². The molecule has 3 rings (SSSR count). The van der Waals surface area contributed by atoms with Gasteiger partial charge in [0.25, 0.3) is 5.91 Å². The predicted octanol–water partition coefficient (Wildman–Crippen LogP) is 3.03. The van der Waals surface area contributed by atoms with Gasteiger partial charge in [-0.3, -0.25) is 10.0 Å². The number of hydrogen-bond donors (Lipinski definition) is 2. The standard InChI is InChI=1S/C22H27N3O4/c1-16(2)20(21(26)23-28)25-13-12-24(22(25)27)14-17-8-10-19(11-9-17)29-15-18-6-4-3-5-7-18/h3-11,16,20,28H,12-15H2,1-2H3,(H,23,26). The molecule has 1 fully saturated rings. The minimum Gasteiger partial charge on any atom is -0.489 e. The second-order valence-electron chi connectivity index (χ2n) is 7.48. The maximum atomic E-state index is 12.8. The molecule has 0 spiro atoms. The molecule has 0 radical (unpaired) electrons. The van der Waals surface area contributed by atoms with Crippen molar-refractivity contribution in [1.29, 1.82) is 0 Å². The van der Waals surface area contributed by atoms with Gasteiger partial charge in [0.05, 0.1) is 0 Å². The number of nitrogens with zero attached hydrogens (tertiary/aromatic N) is 2. The number of rotatable bonds is 8. The highest BCUT2D eigenvalue weighted by Gasteiger charge is 2.38. The Morgan fingerprint density at radius 3 is 2.38 bits per heavy atom. The summed E-state index contributed by atoms with van der Waals surface area (Å²) in [6, 6.07) is 16.7. The van der Waals surface area contributed by atoms with Crippen LogP contribution in [0.5, 0.6) is 5.75 Å². The van der Waals surface area contributed by atoms with Gasteiger partial charge in [0.15, 0.2) is 0 Å². The Hall–Kier alpha value is -3.06. The number of hydrogen-bond acceptors (Lipinski definition) is 4. The van der Waals surface area contributed by atoms with Gasteiger partial charge in [0.2, 0.25) is 0 Å². The van der Waals surface area contributed by atoms with Gasteiger partial charge in [-0.25, -0.2) is 10.3 Å². The largest absolute Gasteiger partial charge is 0.489 e. The van der Waals surface area contributed by atoms with E-state index in [1.165, 1.54) is 4.90 Å². The van der Waals surface area contributed by atoms with Crippen LogP contribution in [0.4, 0.5) is 4.79 Å². The van der Waals surface area contributed by atoms with Crippen molar-refractivity contribution in [3.05, 3.63) is 65.7 Å². The van der Waals surface area contributed by atoms with Crippen molar-refractivity contribution in [1.82, 2.24) is 15.3 Å². The zero-order valence-electron chi connectivity index (χ0n) is 16.7. The number of carbonyl (C=O) groups is 2. The van der Waals surface area contributed by atoms with Crippen LogP contribution in [-0.4, -0.2) is 46.1 Å². The lowest BCUT2D eigenvalue weighted by Gasteiger charge is -2.29. The highest BCUT2D eigenvalue weighted by Crippen LogP contribution is 2.21. The molecule has 1 aliphatic rings. The SMILES string of the molecule is CC(C)C(C(=O)NO)N1CCN(Cc2ccc(OCc3ccccc3)cc2)C1=O. The minimum absolute atomic E-state index is 0.105. The Morgan fingerprint density at radius 2 is 1.76 bits per heavy atom. The summed E-state index contributed by atoms with van der Waals surface area (Å²) in [4.78, 5) is 28.0. The molecule has 0 bridgehead atoms. The third kappa shape index (κ3) is 5.06. The van der Waals surface area contributed by atoms with Crippen LogP contribution in [0.15, 0.2) is 54.6 Å². The van der Waals surface area contributed by atoms with E-state index in [1.807, 2.05) is 68.4 Å². The molecule has 2 aromatic rings. The number of nitrogens with one attached hydrogen (secondary N) is 1. The van der Waals surface area contributed by atoms with Crippen LogP contribution in [0.2, 0.25) is 0 Å². The van der Waals surface area contributed by atoms with Gasteiger partial charge in [-0.1, -0.05) is 56.3 Å². The molecule has 0 aliphatic carbocycles. The third-order valence-corrected chi connectivity index (χ3v) is 5.02. The molecule has 1 aliphatic heterocycles. The van der Waals surface area contributed by atoms with Crippen LogP contribution in [-0.2, 0) is 17.9 Å². The maximum Gasteiger partial charge on any atom is 0.321 e. The van der Waals surface area contributed by atoms with Gasteiger partial charge in [-0.2, -0.15) is 0 Å². The number of carbonyl (C=O) groups excluding carboxylic acids is 2. The number of amides is 3. The number of benzene rings is 2. The van der Waals surface area contributed by atoms with E-state index < -0.39 is 11.9 Å². The lowest BCUT2D eigenvalue weighted by Crippen LogP contribution is -2.50. The van der Waals surface area contributed by atoms with Crippen LogP contribution < -0.4 is 10.2 Å². The number of ether oxygens (including phenoxy) is 1. The monoisotopic (exact) mass is 397 g/mol. The highest BCUT2D eigenvalue weighted by atomic mass is 16.5. The fourth-order valence-corrected chi connectivity index (χ4v) is 3.53. The van der Waals surface area contributed by atoms with Crippen LogP contribution in [0.3, 0.4) is 0 Å². The molecule has 0 saturated carbocycles. The van der Waals surface area contributed by atoms with Crippen molar-refractivity contribution in [3.63, 3.8) is 0 Å². The molecule has 1 atom stereocenters. The summed E-state index contributed by atoms with van der Waals surface area (Å²) < 4.78 is 5.79. The van der Waals surface area contributed by atoms with E-state index in [0.29, 0.717) is 26.2 Å². The maximum absolute atomic E-state index is 12.8. The van der Waals surface area contributed by atoms with Crippen LogP contribution in [0.1, 0.15) is 25.0 Å². The van der Waals surface area contributed by atoms with Gasteiger partial charge in [0.1, 0.15) is 18.4 Å². The highest BCUT2D eigenvalue weighted by molar-refractivity contribution is 5.87. The average molecular weight is 397 g/mol. The van der Waals surface area contributed by atoms with Crippen molar-refractivity contribution in [2.75, 3.05) is 13.1 Å². The van der Waals surface area contributed by atoms with E-state index in [2.05, 4.69) is 0 Å². The van der Waals surface area contributed by atoms with Crippen molar-refractivity contribution in [2.45, 2.75) is 33.0 Å². The molecular formula is C22H27N3O4. The number of hydroxylamine groups is 1. The van der Waals surface area contributed by atoms with Crippen LogP contribution >= 0.6 is 0 Å². The smallest absolute Gasteiger partial charge is 0.321 e. The molecule has 3 amide bonds. The first-order chi connectivity index (χ1) is 14.0. The summed E-state index contributed by atoms with van der Waals surface area (Å²) in [5, 5.41) is 8.98.